The fourth-order valence-electron chi connectivity index (χ4n) is 0.566. The maximum absolute atomic E-state index is 8.83. The van der Waals surface area contributed by atoms with Gasteiger partial charge in [-0.1, -0.05) is 23.2 Å². The number of aromatic nitrogens is 1. The third-order valence-electron chi connectivity index (χ3n) is 1.03. The maximum Gasteiger partial charge on any atom is 0.153 e. The van der Waals surface area contributed by atoms with Gasteiger partial charge in [-0.15, -0.1) is 0 Å². The first kappa shape index (κ1) is 7.79. The number of aliphatic hydroxyl groups excluding tert-OH is 1. The summed E-state index contributed by atoms with van der Waals surface area (Å²) in [5.74, 6) is 0. The van der Waals surface area contributed by atoms with Crippen LogP contribution in [0.3, 0.4) is 0 Å². The van der Waals surface area contributed by atoms with Crippen LogP contribution in [0.1, 0.15) is 11.1 Å². The molecule has 54 valence electrons. The Hall–Kier alpha value is -0.310. The van der Waals surface area contributed by atoms with Gasteiger partial charge >= 0.3 is 0 Å². The van der Waals surface area contributed by atoms with Gasteiger partial charge in [-0.2, -0.15) is 0 Å². The van der Waals surface area contributed by atoms with Gasteiger partial charge in [0.25, 0.3) is 0 Å². The number of nitrogens with zero attached hydrogens (tertiary/aromatic N) is 1. The maximum atomic E-state index is 8.83. The summed E-state index contributed by atoms with van der Waals surface area (Å²) in [6.07, 6.45) is 1.49. The van der Waals surface area contributed by atoms with E-state index < -0.39 is 5.56 Å². The second-order valence-electron chi connectivity index (χ2n) is 1.75. The predicted octanol–water partition coefficient (Wildman–Crippen LogP) is 1.96. The van der Waals surface area contributed by atoms with Crippen molar-refractivity contribution in [2.75, 3.05) is 0 Å². The molecular formula is C6H5Cl2NO. The molecule has 1 N–H and O–H groups in total. The Morgan fingerprint density at radius 2 is 2.30 bits per heavy atom. The van der Waals surface area contributed by atoms with Gasteiger partial charge in [0.05, 0.1) is 0 Å². The average Bonchev–Trinajstić information content (AvgIpc) is 1.88. The lowest BCUT2D eigenvalue weighted by Crippen LogP contribution is -1.87. The SMILES string of the molecule is OC(Cl)c1ccnc(Cl)c1. The Labute approximate surface area is 68.4 Å². The molecule has 0 radical (unpaired) electrons. The van der Waals surface area contributed by atoms with Gasteiger partial charge in [0.1, 0.15) is 5.15 Å². The van der Waals surface area contributed by atoms with Crippen molar-refractivity contribution < 1.29 is 5.11 Å². The van der Waals surface area contributed by atoms with Crippen LogP contribution in [0, 0.1) is 0 Å². The summed E-state index contributed by atoms with van der Waals surface area (Å²) in [4.78, 5) is 3.72. The van der Waals surface area contributed by atoms with Crippen LogP contribution in [0.25, 0.3) is 0 Å². The van der Waals surface area contributed by atoms with Crippen molar-refractivity contribution in [2.24, 2.45) is 0 Å². The van der Waals surface area contributed by atoms with Crippen molar-refractivity contribution in [3.8, 4) is 0 Å². The number of hydrogen-bond acceptors (Lipinski definition) is 2. The molecule has 0 aliphatic rings. The van der Waals surface area contributed by atoms with E-state index in [1.807, 2.05) is 0 Å². The predicted molar refractivity (Wildman–Crippen MR) is 40.1 cm³/mol. The van der Waals surface area contributed by atoms with Crippen molar-refractivity contribution in [1.82, 2.24) is 4.98 Å². The molecule has 1 aromatic heterocycles. The number of pyridine rings is 1. The highest BCUT2D eigenvalue weighted by Gasteiger charge is 2.01. The van der Waals surface area contributed by atoms with Gasteiger partial charge in [-0.25, -0.2) is 4.98 Å². The van der Waals surface area contributed by atoms with E-state index in [1.165, 1.54) is 12.3 Å². The Morgan fingerprint density at radius 3 is 2.70 bits per heavy atom. The topological polar surface area (TPSA) is 33.1 Å². The monoisotopic (exact) mass is 177 g/mol. The Bertz CT molecular complexity index is 227. The van der Waals surface area contributed by atoms with Crippen LogP contribution in [0.15, 0.2) is 18.3 Å². The minimum absolute atomic E-state index is 0.331. The first-order valence-corrected chi connectivity index (χ1v) is 3.45. The largest absolute Gasteiger partial charge is 0.373 e. The van der Waals surface area contributed by atoms with Crippen LogP contribution in [0.4, 0.5) is 0 Å². The molecule has 1 heterocycles. The zero-order chi connectivity index (χ0) is 7.56. The summed E-state index contributed by atoms with van der Waals surface area (Å²) in [6, 6.07) is 3.11. The second-order valence-corrected chi connectivity index (χ2v) is 2.55. The minimum atomic E-state index is -1.000. The fourth-order valence-corrected chi connectivity index (χ4v) is 0.884. The Kier molecular flexibility index (Phi) is 2.49. The standard InChI is InChI=1S/C6H5Cl2NO/c7-5-3-4(6(8)10)1-2-9-5/h1-3,6,10H. The molecule has 10 heavy (non-hydrogen) atoms. The molecule has 0 aliphatic heterocycles. The molecule has 2 nitrogen and oxygen atoms in total. The lowest BCUT2D eigenvalue weighted by Gasteiger charge is -2.00. The highest BCUT2D eigenvalue weighted by molar-refractivity contribution is 6.29. The summed E-state index contributed by atoms with van der Waals surface area (Å²) < 4.78 is 0. The summed E-state index contributed by atoms with van der Waals surface area (Å²) in [5.41, 5.74) is -0.442. The van der Waals surface area contributed by atoms with Gasteiger partial charge in [-0.05, 0) is 12.1 Å². The van der Waals surface area contributed by atoms with Crippen molar-refractivity contribution in [3.63, 3.8) is 0 Å². The molecule has 1 atom stereocenters. The van der Waals surface area contributed by atoms with Gasteiger partial charge in [-0.3, -0.25) is 0 Å². The molecule has 0 aromatic carbocycles. The smallest absolute Gasteiger partial charge is 0.153 e. The van der Waals surface area contributed by atoms with E-state index in [0.29, 0.717) is 10.7 Å². The minimum Gasteiger partial charge on any atom is -0.373 e. The molecule has 0 aliphatic carbocycles. The third-order valence-corrected chi connectivity index (χ3v) is 1.48. The van der Waals surface area contributed by atoms with Crippen molar-refractivity contribution >= 4 is 23.2 Å². The first-order valence-electron chi connectivity index (χ1n) is 2.64. The van der Waals surface area contributed by atoms with Crippen LogP contribution < -0.4 is 0 Å². The van der Waals surface area contributed by atoms with Crippen LogP contribution in [-0.2, 0) is 0 Å². The second kappa shape index (κ2) is 3.19. The number of rotatable bonds is 1. The van der Waals surface area contributed by atoms with Gasteiger partial charge in [0.15, 0.2) is 5.56 Å². The van der Waals surface area contributed by atoms with E-state index in [9.17, 15) is 0 Å². The van der Waals surface area contributed by atoms with Crippen LogP contribution >= 0.6 is 23.2 Å². The Balaban J connectivity index is 2.96. The first-order chi connectivity index (χ1) is 4.70. The van der Waals surface area contributed by atoms with Gasteiger partial charge in [0.2, 0.25) is 0 Å². The van der Waals surface area contributed by atoms with E-state index in [1.54, 1.807) is 6.07 Å². The van der Waals surface area contributed by atoms with E-state index in [-0.39, 0.29) is 0 Å². The lowest BCUT2D eigenvalue weighted by atomic mass is 10.3. The van der Waals surface area contributed by atoms with E-state index in [4.69, 9.17) is 28.3 Å². The molecular weight excluding hydrogens is 173 g/mol. The molecule has 0 amide bonds. The third kappa shape index (κ3) is 1.84. The molecule has 1 aromatic rings. The van der Waals surface area contributed by atoms with Gasteiger partial charge in [0, 0.05) is 11.8 Å². The normalized spacial score (nSPS) is 13.1. The summed E-state index contributed by atoms with van der Waals surface area (Å²) >= 11 is 10.9. The number of alkyl halides is 1. The van der Waals surface area contributed by atoms with Crippen LogP contribution in [-0.4, -0.2) is 10.1 Å². The van der Waals surface area contributed by atoms with E-state index in [2.05, 4.69) is 4.98 Å². The molecule has 1 unspecified atom stereocenters. The molecule has 0 saturated carbocycles. The molecule has 1 rings (SSSR count). The molecule has 4 heteroatoms. The molecule has 0 bridgehead atoms. The van der Waals surface area contributed by atoms with Gasteiger partial charge < -0.3 is 5.11 Å². The summed E-state index contributed by atoms with van der Waals surface area (Å²) in [5, 5.41) is 9.16. The number of aliphatic hydroxyl groups is 1. The Morgan fingerprint density at radius 1 is 1.60 bits per heavy atom. The quantitative estimate of drug-likeness (QED) is 0.526. The van der Waals surface area contributed by atoms with Crippen LogP contribution in [0.5, 0.6) is 0 Å². The number of hydrogen-bond donors (Lipinski definition) is 1. The van der Waals surface area contributed by atoms with Crippen molar-refractivity contribution in [3.05, 3.63) is 29.0 Å². The van der Waals surface area contributed by atoms with E-state index >= 15 is 0 Å². The molecule has 0 saturated heterocycles. The zero-order valence-electron chi connectivity index (χ0n) is 4.96. The van der Waals surface area contributed by atoms with Crippen LogP contribution in [0.2, 0.25) is 5.15 Å². The average molecular weight is 178 g/mol. The van der Waals surface area contributed by atoms with Crippen molar-refractivity contribution in [2.45, 2.75) is 5.56 Å². The van der Waals surface area contributed by atoms with Crippen molar-refractivity contribution in [1.29, 1.82) is 0 Å². The zero-order valence-corrected chi connectivity index (χ0v) is 6.47. The highest BCUT2D eigenvalue weighted by Crippen LogP contribution is 2.18. The molecule has 0 fully saturated rings. The fraction of sp³-hybridized carbons (Fsp3) is 0.167. The molecule has 0 spiro atoms. The lowest BCUT2D eigenvalue weighted by molar-refractivity contribution is 0.263. The summed E-state index contributed by atoms with van der Waals surface area (Å²) in [7, 11) is 0. The number of halogens is 2. The summed E-state index contributed by atoms with van der Waals surface area (Å²) in [6.45, 7) is 0. The van der Waals surface area contributed by atoms with E-state index in [0.717, 1.165) is 0 Å². The highest BCUT2D eigenvalue weighted by atomic mass is 35.5.